The number of ether oxygens (including phenoxy) is 1. The van der Waals surface area contributed by atoms with Gasteiger partial charge in [0.05, 0.1) is 12.0 Å². The maximum absolute atomic E-state index is 12.9. The quantitative estimate of drug-likeness (QED) is 0.380. The summed E-state index contributed by atoms with van der Waals surface area (Å²) < 4.78 is 5.51. The van der Waals surface area contributed by atoms with E-state index in [9.17, 15) is 4.79 Å². The van der Waals surface area contributed by atoms with Gasteiger partial charge < -0.3 is 4.74 Å². The molecule has 1 fully saturated rings. The molecule has 1 aromatic carbocycles. The van der Waals surface area contributed by atoms with E-state index < -0.39 is 5.41 Å². The lowest BCUT2D eigenvalue weighted by Gasteiger charge is -2.41. The average Bonchev–Trinajstić information content (AvgIpc) is 2.74. The van der Waals surface area contributed by atoms with Crippen molar-refractivity contribution in [3.8, 4) is 0 Å². The number of benzene rings is 1. The number of esters is 1. The zero-order valence-corrected chi connectivity index (χ0v) is 17.6. The van der Waals surface area contributed by atoms with Gasteiger partial charge in [-0.2, -0.15) is 0 Å². The molecule has 3 rings (SSSR count). The van der Waals surface area contributed by atoms with E-state index >= 15 is 0 Å². The molecule has 1 unspecified atom stereocenters. The van der Waals surface area contributed by atoms with Crippen LogP contribution in [0.2, 0.25) is 0 Å². The average molecular weight is 400 g/mol. The lowest BCUT2D eigenvalue weighted by atomic mass is 9.75. The predicted molar refractivity (Wildman–Crippen MR) is 112 cm³/mol. The summed E-state index contributed by atoms with van der Waals surface area (Å²) in [6.07, 6.45) is 9.34. The first-order valence-corrected chi connectivity index (χ1v) is 11.2. The first kappa shape index (κ1) is 20.8. The van der Waals surface area contributed by atoms with Gasteiger partial charge in [-0.3, -0.25) is 9.69 Å². The largest absolute Gasteiger partial charge is 0.466 e. The van der Waals surface area contributed by atoms with Crippen molar-refractivity contribution in [1.82, 2.24) is 14.9 Å². The van der Waals surface area contributed by atoms with E-state index in [1.165, 1.54) is 5.56 Å². The van der Waals surface area contributed by atoms with Crippen LogP contribution >= 0.6 is 11.8 Å². The molecule has 1 aliphatic heterocycles. The number of carbonyl (C=O) groups excluding carboxylic acids is 1. The van der Waals surface area contributed by atoms with E-state index in [4.69, 9.17) is 4.74 Å². The third kappa shape index (κ3) is 5.32. The maximum atomic E-state index is 12.9. The molecular weight excluding hydrogens is 370 g/mol. The topological polar surface area (TPSA) is 55.3 Å². The fourth-order valence-corrected chi connectivity index (χ4v) is 4.25. The van der Waals surface area contributed by atoms with Gasteiger partial charge in [-0.05, 0) is 51.0 Å². The number of hydrogen-bond donors (Lipinski definition) is 0. The van der Waals surface area contributed by atoms with Crippen molar-refractivity contribution in [3.05, 3.63) is 53.9 Å². The van der Waals surface area contributed by atoms with E-state index in [1.807, 2.05) is 31.6 Å². The highest BCUT2D eigenvalue weighted by Crippen LogP contribution is 2.37. The summed E-state index contributed by atoms with van der Waals surface area (Å²) in [5.74, 6) is -0.0513. The van der Waals surface area contributed by atoms with Gasteiger partial charge in [0.2, 0.25) is 0 Å². The number of hydrogen-bond acceptors (Lipinski definition) is 6. The van der Waals surface area contributed by atoms with Gasteiger partial charge in [0.1, 0.15) is 0 Å². The SMILES string of the molecule is CCOC(=O)C1(CCc2ccccc2)CCCN(Cc2cnc(SC)nc2)C1. The van der Waals surface area contributed by atoms with E-state index in [0.717, 1.165) is 56.0 Å². The number of carbonyl (C=O) groups is 1. The van der Waals surface area contributed by atoms with Gasteiger partial charge in [0.25, 0.3) is 0 Å². The smallest absolute Gasteiger partial charge is 0.313 e. The van der Waals surface area contributed by atoms with Gasteiger partial charge in [-0.25, -0.2) is 9.97 Å². The van der Waals surface area contributed by atoms with Crippen LogP contribution in [0.3, 0.4) is 0 Å². The summed E-state index contributed by atoms with van der Waals surface area (Å²) in [5.41, 5.74) is 1.91. The minimum absolute atomic E-state index is 0.0513. The Morgan fingerprint density at radius 3 is 2.64 bits per heavy atom. The summed E-state index contributed by atoms with van der Waals surface area (Å²) in [6, 6.07) is 10.4. The fraction of sp³-hybridized carbons (Fsp3) is 0.500. The zero-order valence-electron chi connectivity index (χ0n) is 16.8. The molecule has 1 saturated heterocycles. The predicted octanol–water partition coefficient (Wildman–Crippen LogP) is 3.98. The monoisotopic (exact) mass is 399 g/mol. The van der Waals surface area contributed by atoms with E-state index in [0.29, 0.717) is 6.61 Å². The number of aryl methyl sites for hydroxylation is 1. The Bertz CT molecular complexity index is 754. The summed E-state index contributed by atoms with van der Waals surface area (Å²) in [4.78, 5) is 24.0. The first-order chi connectivity index (χ1) is 13.6. The molecule has 1 aromatic heterocycles. The van der Waals surface area contributed by atoms with Crippen LogP contribution < -0.4 is 0 Å². The van der Waals surface area contributed by atoms with Crippen molar-refractivity contribution in [3.63, 3.8) is 0 Å². The van der Waals surface area contributed by atoms with Crippen molar-refractivity contribution in [1.29, 1.82) is 0 Å². The number of aromatic nitrogens is 2. The van der Waals surface area contributed by atoms with Gasteiger partial charge >= 0.3 is 5.97 Å². The zero-order chi connectivity index (χ0) is 19.8. The second kappa shape index (κ2) is 10.0. The third-order valence-electron chi connectivity index (χ3n) is 5.37. The molecule has 0 radical (unpaired) electrons. The molecule has 150 valence electrons. The summed E-state index contributed by atoms with van der Waals surface area (Å²) in [6.45, 7) is 4.78. The Hall–Kier alpha value is -1.92. The van der Waals surface area contributed by atoms with Crippen LogP contribution in [0.4, 0.5) is 0 Å². The highest BCUT2D eigenvalue weighted by atomic mass is 32.2. The molecule has 0 spiro atoms. The Morgan fingerprint density at radius 1 is 1.21 bits per heavy atom. The van der Waals surface area contributed by atoms with Gasteiger partial charge in [-0.1, -0.05) is 42.1 Å². The van der Waals surface area contributed by atoms with Gasteiger partial charge in [-0.15, -0.1) is 0 Å². The van der Waals surface area contributed by atoms with Crippen molar-refractivity contribution in [2.75, 3.05) is 26.0 Å². The van der Waals surface area contributed by atoms with Crippen LogP contribution in [0, 0.1) is 5.41 Å². The molecule has 0 N–H and O–H groups in total. The molecule has 1 atom stereocenters. The van der Waals surface area contributed by atoms with Crippen LogP contribution in [0.15, 0.2) is 47.9 Å². The number of likely N-dealkylation sites (tertiary alicyclic amines) is 1. The molecule has 1 aliphatic rings. The second-order valence-electron chi connectivity index (χ2n) is 7.38. The molecule has 2 aromatic rings. The van der Waals surface area contributed by atoms with E-state index in [1.54, 1.807) is 11.8 Å². The first-order valence-electron chi connectivity index (χ1n) is 9.93. The normalized spacial score (nSPS) is 20.1. The molecule has 28 heavy (non-hydrogen) atoms. The molecule has 0 saturated carbocycles. The second-order valence-corrected chi connectivity index (χ2v) is 8.15. The Kier molecular flexibility index (Phi) is 7.45. The Labute approximate surface area is 171 Å². The third-order valence-corrected chi connectivity index (χ3v) is 5.95. The molecule has 2 heterocycles. The van der Waals surface area contributed by atoms with Crippen LogP contribution in [0.25, 0.3) is 0 Å². The highest BCUT2D eigenvalue weighted by molar-refractivity contribution is 7.98. The summed E-state index contributed by atoms with van der Waals surface area (Å²) in [7, 11) is 0. The van der Waals surface area contributed by atoms with E-state index in [2.05, 4.69) is 39.1 Å². The van der Waals surface area contributed by atoms with Crippen LogP contribution in [-0.4, -0.2) is 46.8 Å². The van der Waals surface area contributed by atoms with Crippen molar-refractivity contribution < 1.29 is 9.53 Å². The molecular formula is C22H29N3O2S. The molecule has 0 amide bonds. The highest BCUT2D eigenvalue weighted by Gasteiger charge is 2.43. The van der Waals surface area contributed by atoms with Gasteiger partial charge in [0, 0.05) is 31.0 Å². The standard InChI is InChI=1S/C22H29N3O2S/c1-3-27-20(26)22(12-10-18-8-5-4-6-9-18)11-7-13-25(17-22)16-19-14-23-21(28-2)24-15-19/h4-6,8-9,14-15H,3,7,10-13,16-17H2,1-2H3. The molecule has 5 nitrogen and oxygen atoms in total. The van der Waals surface area contributed by atoms with E-state index in [-0.39, 0.29) is 5.97 Å². The van der Waals surface area contributed by atoms with Crippen LogP contribution in [0.1, 0.15) is 37.3 Å². The number of nitrogens with zero attached hydrogens (tertiary/aromatic N) is 3. The van der Waals surface area contributed by atoms with Crippen molar-refractivity contribution in [2.45, 2.75) is 44.3 Å². The van der Waals surface area contributed by atoms with Crippen LogP contribution in [-0.2, 0) is 22.5 Å². The Morgan fingerprint density at radius 2 is 1.96 bits per heavy atom. The molecule has 0 bridgehead atoms. The Balaban J connectivity index is 1.71. The van der Waals surface area contributed by atoms with Crippen molar-refractivity contribution >= 4 is 17.7 Å². The lowest BCUT2D eigenvalue weighted by Crippen LogP contribution is -2.48. The van der Waals surface area contributed by atoms with Gasteiger partial charge in [0.15, 0.2) is 5.16 Å². The maximum Gasteiger partial charge on any atom is 0.313 e. The fourth-order valence-electron chi connectivity index (χ4n) is 3.94. The number of thioether (sulfide) groups is 1. The number of piperidine rings is 1. The van der Waals surface area contributed by atoms with Crippen LogP contribution in [0.5, 0.6) is 0 Å². The lowest BCUT2D eigenvalue weighted by molar-refractivity contribution is -0.160. The minimum Gasteiger partial charge on any atom is -0.466 e. The molecule has 0 aliphatic carbocycles. The minimum atomic E-state index is -0.440. The molecule has 6 heteroatoms. The summed E-state index contributed by atoms with van der Waals surface area (Å²) in [5, 5.41) is 0.783. The number of rotatable bonds is 8. The summed E-state index contributed by atoms with van der Waals surface area (Å²) >= 11 is 1.54. The van der Waals surface area contributed by atoms with Crippen molar-refractivity contribution in [2.24, 2.45) is 5.41 Å².